The minimum atomic E-state index is -0.334. The van der Waals surface area contributed by atoms with Crippen molar-refractivity contribution >= 4 is 18.3 Å². The Hall–Kier alpha value is -0.360. The van der Waals surface area contributed by atoms with Gasteiger partial charge in [0.25, 0.3) is 0 Å². The molecule has 0 aromatic carbocycles. The number of carbonyl (C=O) groups is 1. The van der Waals surface area contributed by atoms with Gasteiger partial charge in [0.15, 0.2) is 0 Å². The number of hydrogen-bond donors (Lipinski definition) is 2. The lowest BCUT2D eigenvalue weighted by Crippen LogP contribution is -2.48. The van der Waals surface area contributed by atoms with Crippen molar-refractivity contribution < 1.29 is 14.3 Å². The van der Waals surface area contributed by atoms with Crippen molar-refractivity contribution in [2.75, 3.05) is 32.8 Å². The van der Waals surface area contributed by atoms with E-state index in [1.165, 1.54) is 0 Å². The highest BCUT2D eigenvalue weighted by atomic mass is 35.5. The van der Waals surface area contributed by atoms with Gasteiger partial charge in [-0.2, -0.15) is 0 Å². The lowest BCUT2D eigenvalue weighted by molar-refractivity contribution is -0.134. The molecule has 1 aliphatic heterocycles. The molecule has 5 nitrogen and oxygen atoms in total. The summed E-state index contributed by atoms with van der Waals surface area (Å²) in [4.78, 5) is 11.6. The first-order valence-corrected chi connectivity index (χ1v) is 5.92. The highest BCUT2D eigenvalue weighted by molar-refractivity contribution is 5.85. The molecule has 1 atom stereocenters. The number of halogens is 1. The molecular weight excluding hydrogens is 244 g/mol. The smallest absolute Gasteiger partial charge is 0.250 e. The number of carbonyl (C=O) groups excluding carboxylic acids is 1. The van der Waals surface area contributed by atoms with Gasteiger partial charge in [-0.1, -0.05) is 0 Å². The molecule has 1 heterocycles. The highest BCUT2D eigenvalue weighted by Gasteiger charge is 2.20. The summed E-state index contributed by atoms with van der Waals surface area (Å²) in [6.07, 6.45) is 0.755. The van der Waals surface area contributed by atoms with Crippen molar-refractivity contribution in [2.45, 2.75) is 32.5 Å². The lowest BCUT2D eigenvalue weighted by atomic mass is 10.3. The third kappa shape index (κ3) is 7.54. The van der Waals surface area contributed by atoms with E-state index in [-0.39, 0.29) is 30.5 Å². The summed E-state index contributed by atoms with van der Waals surface area (Å²) in [6.45, 7) is 7.36. The molecule has 0 radical (unpaired) electrons. The molecular formula is C11H23ClN2O3. The molecule has 102 valence electrons. The van der Waals surface area contributed by atoms with E-state index < -0.39 is 0 Å². The Morgan fingerprint density at radius 2 is 2.35 bits per heavy atom. The number of hydrogen-bond acceptors (Lipinski definition) is 4. The summed E-state index contributed by atoms with van der Waals surface area (Å²) >= 11 is 0. The van der Waals surface area contributed by atoms with Crippen molar-refractivity contribution in [1.29, 1.82) is 0 Å². The summed E-state index contributed by atoms with van der Waals surface area (Å²) in [5.74, 6) is -0.0308. The average Bonchev–Trinajstić information content (AvgIpc) is 2.29. The van der Waals surface area contributed by atoms with Gasteiger partial charge in [-0.15, -0.1) is 12.4 Å². The molecule has 1 amide bonds. The van der Waals surface area contributed by atoms with Crippen molar-refractivity contribution in [3.8, 4) is 0 Å². The van der Waals surface area contributed by atoms with Gasteiger partial charge >= 0.3 is 0 Å². The highest BCUT2D eigenvalue weighted by Crippen LogP contribution is 1.96. The predicted molar refractivity (Wildman–Crippen MR) is 68.6 cm³/mol. The SMILES string of the molecule is CC(C)OCCCNC(=O)C1CNCCO1.Cl. The zero-order chi connectivity index (χ0) is 11.8. The monoisotopic (exact) mass is 266 g/mol. The molecule has 0 aromatic rings. The van der Waals surface area contributed by atoms with Crippen LogP contribution in [0.2, 0.25) is 0 Å². The van der Waals surface area contributed by atoms with Crippen LogP contribution < -0.4 is 10.6 Å². The van der Waals surface area contributed by atoms with Gasteiger partial charge < -0.3 is 20.1 Å². The van der Waals surface area contributed by atoms with Crippen LogP contribution in [-0.2, 0) is 14.3 Å². The van der Waals surface area contributed by atoms with Crippen LogP contribution in [0.3, 0.4) is 0 Å². The van der Waals surface area contributed by atoms with Gasteiger partial charge in [0.2, 0.25) is 5.91 Å². The molecule has 1 rings (SSSR count). The van der Waals surface area contributed by atoms with Crippen LogP contribution >= 0.6 is 12.4 Å². The molecule has 0 bridgehead atoms. The van der Waals surface area contributed by atoms with Gasteiger partial charge in [-0.3, -0.25) is 4.79 Å². The van der Waals surface area contributed by atoms with Crippen LogP contribution in [0.1, 0.15) is 20.3 Å². The Kier molecular flexibility index (Phi) is 9.44. The van der Waals surface area contributed by atoms with E-state index in [0.717, 1.165) is 13.0 Å². The second-order valence-corrected chi connectivity index (χ2v) is 4.13. The predicted octanol–water partition coefficient (Wildman–Crippen LogP) is 0.328. The average molecular weight is 267 g/mol. The van der Waals surface area contributed by atoms with Crippen molar-refractivity contribution in [3.63, 3.8) is 0 Å². The lowest BCUT2D eigenvalue weighted by Gasteiger charge is -2.22. The first-order chi connectivity index (χ1) is 7.70. The van der Waals surface area contributed by atoms with E-state index in [2.05, 4.69) is 10.6 Å². The maximum atomic E-state index is 11.6. The standard InChI is InChI=1S/C11H22N2O3.ClH/c1-9(2)15-6-3-4-13-11(14)10-8-12-5-7-16-10;/h9-10,12H,3-8H2,1-2H3,(H,13,14);1H. The van der Waals surface area contributed by atoms with Crippen molar-refractivity contribution in [2.24, 2.45) is 0 Å². The van der Waals surface area contributed by atoms with Crippen molar-refractivity contribution in [1.82, 2.24) is 10.6 Å². The number of nitrogens with one attached hydrogen (secondary N) is 2. The number of ether oxygens (including phenoxy) is 2. The molecule has 0 aromatic heterocycles. The Labute approximate surface area is 109 Å². The van der Waals surface area contributed by atoms with Crippen LogP contribution in [-0.4, -0.2) is 51.0 Å². The summed E-state index contributed by atoms with van der Waals surface area (Å²) in [7, 11) is 0. The maximum Gasteiger partial charge on any atom is 0.250 e. The molecule has 1 saturated heterocycles. The second kappa shape index (κ2) is 9.65. The number of amides is 1. The zero-order valence-electron chi connectivity index (χ0n) is 10.5. The van der Waals surface area contributed by atoms with E-state index in [1.54, 1.807) is 0 Å². The minimum Gasteiger partial charge on any atom is -0.379 e. The molecule has 0 spiro atoms. The fourth-order valence-corrected chi connectivity index (χ4v) is 1.45. The third-order valence-corrected chi connectivity index (χ3v) is 2.29. The summed E-state index contributed by atoms with van der Waals surface area (Å²) in [6, 6.07) is 0. The fraction of sp³-hybridized carbons (Fsp3) is 0.909. The Morgan fingerprint density at radius 3 is 2.94 bits per heavy atom. The molecule has 1 unspecified atom stereocenters. The van der Waals surface area contributed by atoms with E-state index in [9.17, 15) is 4.79 Å². The van der Waals surface area contributed by atoms with Gasteiger partial charge in [0.05, 0.1) is 12.7 Å². The minimum absolute atomic E-state index is 0. The molecule has 0 aliphatic carbocycles. The van der Waals surface area contributed by atoms with E-state index in [4.69, 9.17) is 9.47 Å². The van der Waals surface area contributed by atoms with E-state index in [0.29, 0.717) is 26.3 Å². The molecule has 1 fully saturated rings. The number of rotatable bonds is 6. The normalized spacial score (nSPS) is 19.8. The maximum absolute atomic E-state index is 11.6. The zero-order valence-corrected chi connectivity index (χ0v) is 11.3. The Morgan fingerprint density at radius 1 is 1.59 bits per heavy atom. The Balaban J connectivity index is 0.00000256. The first kappa shape index (κ1) is 16.6. The van der Waals surface area contributed by atoms with Crippen LogP contribution in [0.15, 0.2) is 0 Å². The van der Waals surface area contributed by atoms with Gasteiger partial charge in [-0.25, -0.2) is 0 Å². The largest absolute Gasteiger partial charge is 0.379 e. The fourth-order valence-electron chi connectivity index (χ4n) is 1.45. The van der Waals surface area contributed by atoms with Gasteiger partial charge in [0.1, 0.15) is 6.10 Å². The summed E-state index contributed by atoms with van der Waals surface area (Å²) < 4.78 is 10.7. The van der Waals surface area contributed by atoms with Crippen molar-refractivity contribution in [3.05, 3.63) is 0 Å². The molecule has 0 saturated carbocycles. The second-order valence-electron chi connectivity index (χ2n) is 4.13. The summed E-state index contributed by atoms with van der Waals surface area (Å²) in [5.41, 5.74) is 0. The summed E-state index contributed by atoms with van der Waals surface area (Å²) in [5, 5.41) is 5.96. The third-order valence-electron chi connectivity index (χ3n) is 2.29. The van der Waals surface area contributed by atoms with Crippen LogP contribution in [0.4, 0.5) is 0 Å². The Bertz CT molecular complexity index is 209. The van der Waals surface area contributed by atoms with E-state index in [1.807, 2.05) is 13.8 Å². The molecule has 6 heteroatoms. The van der Waals surface area contributed by atoms with Crippen LogP contribution in [0.5, 0.6) is 0 Å². The number of morpholine rings is 1. The topological polar surface area (TPSA) is 59.6 Å². The first-order valence-electron chi connectivity index (χ1n) is 5.92. The van der Waals surface area contributed by atoms with Crippen LogP contribution in [0, 0.1) is 0 Å². The quantitative estimate of drug-likeness (QED) is 0.680. The van der Waals surface area contributed by atoms with E-state index >= 15 is 0 Å². The van der Waals surface area contributed by atoms with Gasteiger partial charge in [-0.05, 0) is 20.3 Å². The molecule has 17 heavy (non-hydrogen) atoms. The van der Waals surface area contributed by atoms with Gasteiger partial charge in [0, 0.05) is 26.2 Å². The molecule has 2 N–H and O–H groups in total. The van der Waals surface area contributed by atoms with Crippen LogP contribution in [0.25, 0.3) is 0 Å². The molecule has 1 aliphatic rings.